The molecule has 7 aliphatic rings. The van der Waals surface area contributed by atoms with E-state index in [0.29, 0.717) is 24.2 Å². The van der Waals surface area contributed by atoms with E-state index >= 15 is 0 Å². The van der Waals surface area contributed by atoms with Crippen molar-refractivity contribution < 1.29 is 48.5 Å². The van der Waals surface area contributed by atoms with Gasteiger partial charge in [-0.25, -0.2) is 5.43 Å². The number of nitrogens with one attached hydrogen (secondary N) is 6. The van der Waals surface area contributed by atoms with Gasteiger partial charge in [0.2, 0.25) is 17.7 Å². The number of nitrogens with two attached hydrogens (primary N) is 1. The fourth-order valence-electron chi connectivity index (χ4n) is 10.5. The van der Waals surface area contributed by atoms with Crippen LogP contribution in [0.3, 0.4) is 0 Å². The Balaban J connectivity index is 1.12. The van der Waals surface area contributed by atoms with Gasteiger partial charge in [0.25, 0.3) is 11.8 Å². The van der Waals surface area contributed by atoms with Crippen molar-refractivity contribution in [3.8, 4) is 0 Å². The minimum atomic E-state index is -1.32. The minimum absolute atomic E-state index is 0.0632. The quantitative estimate of drug-likeness (QED) is 0.0579. The fourth-order valence-corrected chi connectivity index (χ4v) is 10.5. The molecule has 15 atom stereocenters. The molecule has 5 saturated carbocycles. The molecule has 2 aliphatic heterocycles. The number of aliphatic hydroxyl groups is 1. The number of aliphatic carboxylic acids is 1. The molecule has 48 heavy (non-hydrogen) atoms. The highest BCUT2D eigenvalue weighted by atomic mass is 16.6. The van der Waals surface area contributed by atoms with E-state index in [1.807, 2.05) is 0 Å². The molecule has 7 rings (SSSR count). The number of esters is 1. The lowest BCUT2D eigenvalue weighted by molar-refractivity contribution is -0.229. The van der Waals surface area contributed by atoms with E-state index < -0.39 is 84.0 Å². The van der Waals surface area contributed by atoms with Crippen molar-refractivity contribution in [1.29, 1.82) is 0 Å². The van der Waals surface area contributed by atoms with Crippen LogP contribution in [0.5, 0.6) is 0 Å². The van der Waals surface area contributed by atoms with Crippen LogP contribution in [-0.2, 0) is 38.3 Å². The molecule has 0 aromatic heterocycles. The molecule has 5 aliphatic carbocycles. The van der Waals surface area contributed by atoms with Crippen LogP contribution >= 0.6 is 0 Å². The van der Waals surface area contributed by atoms with Crippen LogP contribution in [-0.4, -0.2) is 93.7 Å². The molecule has 0 spiro atoms. The maximum absolute atomic E-state index is 13.6. The maximum Gasteiger partial charge on any atom is 0.303 e. The molecule has 0 aromatic rings. The number of carboxylic acids is 1. The molecule has 11 unspecified atom stereocenters. The van der Waals surface area contributed by atoms with Crippen LogP contribution in [0.15, 0.2) is 0 Å². The number of fused-ring (bicyclic) bond motifs is 1. The number of hydrogen-bond acceptors (Lipinski definition) is 11. The molecule has 7 fully saturated rings. The van der Waals surface area contributed by atoms with Gasteiger partial charge in [0.1, 0.15) is 29.8 Å². The molecule has 4 bridgehead atoms. The summed E-state index contributed by atoms with van der Waals surface area (Å²) < 4.78 is 5.85. The normalized spacial score (nSPS) is 38.2. The highest BCUT2D eigenvalue weighted by Crippen LogP contribution is 2.88. The number of aliphatic hydroxyl groups excluding tert-OH is 1. The van der Waals surface area contributed by atoms with E-state index in [4.69, 9.17) is 10.5 Å². The maximum atomic E-state index is 13.6. The second-order valence-electron chi connectivity index (χ2n) is 14.5. The molecule has 264 valence electrons. The molecule has 2 heterocycles. The molecule has 5 amide bonds. The van der Waals surface area contributed by atoms with E-state index in [1.165, 1.54) is 13.8 Å². The zero-order chi connectivity index (χ0) is 35.0. The van der Waals surface area contributed by atoms with Gasteiger partial charge in [0, 0.05) is 37.0 Å². The van der Waals surface area contributed by atoms with E-state index in [9.17, 15) is 43.8 Å². The average Bonchev–Trinajstić information content (AvgIpc) is 3.59. The zero-order valence-corrected chi connectivity index (χ0v) is 27.3. The number of piperidine rings is 2. The zero-order valence-electron chi connectivity index (χ0n) is 27.3. The standard InChI is InChI=1S/C31H45N7O10/c1-5-10(2)24(35-26(44)15(32)9-39)28(46)33-11(3)25(43)34-16(6-7-17(41)42)27(45)37-38-31-21-14-8-13-18-19(14)23(31)22(18)30(20(13)21,29(47)36-31)48-12(4)40/h10-11,13-16,18-24,38-39H,5-9,32H2,1-4H3,(H,33,46)(H,34,43)(H,35,44)(H,36,47)(H,37,45)(H,41,42)/t10?,11?,13-,14+,15?,16?,18?,19?,20?,21?,22?,23?,24?,30+,31-/m1/s1. The topological polar surface area (TPSA) is 267 Å². The summed E-state index contributed by atoms with van der Waals surface area (Å²) in [6, 6.07) is -4.81. The van der Waals surface area contributed by atoms with E-state index in [2.05, 4.69) is 32.1 Å². The van der Waals surface area contributed by atoms with Crippen molar-refractivity contribution >= 4 is 41.5 Å². The summed E-state index contributed by atoms with van der Waals surface area (Å²) in [6.07, 6.45) is 0.727. The number of rotatable bonds is 16. The van der Waals surface area contributed by atoms with Crippen molar-refractivity contribution in [3.63, 3.8) is 0 Å². The van der Waals surface area contributed by atoms with Crippen molar-refractivity contribution in [1.82, 2.24) is 32.1 Å². The van der Waals surface area contributed by atoms with Gasteiger partial charge in [0.05, 0.1) is 6.61 Å². The van der Waals surface area contributed by atoms with Gasteiger partial charge < -0.3 is 42.0 Å². The van der Waals surface area contributed by atoms with Crippen LogP contribution in [0.1, 0.15) is 53.4 Å². The Labute approximate surface area is 276 Å². The van der Waals surface area contributed by atoms with Gasteiger partial charge in [-0.15, -0.1) is 0 Å². The summed E-state index contributed by atoms with van der Waals surface area (Å²) in [4.78, 5) is 89.4. The lowest BCUT2D eigenvalue weighted by Gasteiger charge is -2.64. The monoisotopic (exact) mass is 675 g/mol. The van der Waals surface area contributed by atoms with E-state index in [-0.39, 0.29) is 47.8 Å². The van der Waals surface area contributed by atoms with Crippen molar-refractivity contribution in [2.75, 3.05) is 6.61 Å². The largest absolute Gasteiger partial charge is 0.481 e. The Hall–Kier alpha value is -3.83. The third-order valence-corrected chi connectivity index (χ3v) is 12.3. The molecule has 0 radical (unpaired) electrons. The lowest BCUT2D eigenvalue weighted by Crippen LogP contribution is -2.86. The third kappa shape index (κ3) is 4.71. The van der Waals surface area contributed by atoms with Gasteiger partial charge in [-0.05, 0) is 49.4 Å². The number of carboxylic acid groups (broad SMARTS) is 1. The third-order valence-electron chi connectivity index (χ3n) is 12.3. The molecule has 17 nitrogen and oxygen atoms in total. The van der Waals surface area contributed by atoms with Crippen molar-refractivity contribution in [3.05, 3.63) is 0 Å². The number of hydrogen-bond donors (Lipinski definition) is 9. The number of hydrazine groups is 1. The van der Waals surface area contributed by atoms with E-state index in [1.54, 1.807) is 13.8 Å². The summed E-state index contributed by atoms with van der Waals surface area (Å²) in [5, 5.41) is 29.1. The number of ether oxygens (including phenoxy) is 1. The Morgan fingerprint density at radius 2 is 1.62 bits per heavy atom. The van der Waals surface area contributed by atoms with Crippen LogP contribution in [0.25, 0.3) is 0 Å². The highest BCUT2D eigenvalue weighted by molar-refractivity contribution is 5.95. The summed E-state index contributed by atoms with van der Waals surface area (Å²) >= 11 is 0. The predicted octanol–water partition coefficient (Wildman–Crippen LogP) is -3.17. The summed E-state index contributed by atoms with van der Waals surface area (Å²) in [5.74, 6) is -4.58. The first-order valence-corrected chi connectivity index (χ1v) is 16.7. The number of amides is 5. The first-order chi connectivity index (χ1) is 22.6. The molecule has 2 saturated heterocycles. The SMILES string of the molecule is CCC(C)C(NC(=O)C(N)CO)C(=O)NC(C)C(=O)NC(CCC(=O)O)C(=O)NN[C@@]12NC(=O)[C@@]3(OC(C)=O)C4C5C(C41)[C@@H]1C[C@H]5C3C12. The van der Waals surface area contributed by atoms with Crippen molar-refractivity contribution in [2.45, 2.75) is 88.8 Å². The first-order valence-electron chi connectivity index (χ1n) is 16.7. The minimum Gasteiger partial charge on any atom is -0.481 e. The first kappa shape index (κ1) is 34.0. The second-order valence-corrected chi connectivity index (χ2v) is 14.5. The smallest absolute Gasteiger partial charge is 0.303 e. The van der Waals surface area contributed by atoms with Crippen LogP contribution in [0.4, 0.5) is 0 Å². The molecular weight excluding hydrogens is 630 g/mol. The number of carbonyl (C=O) groups is 7. The van der Waals surface area contributed by atoms with Crippen LogP contribution < -0.4 is 37.9 Å². The highest BCUT2D eigenvalue weighted by Gasteiger charge is 2.96. The molecule has 10 N–H and O–H groups in total. The van der Waals surface area contributed by atoms with Gasteiger partial charge in [-0.1, -0.05) is 20.3 Å². The number of carbonyl (C=O) groups excluding carboxylic acids is 6. The Morgan fingerprint density at radius 1 is 0.958 bits per heavy atom. The van der Waals surface area contributed by atoms with E-state index in [0.717, 1.165) is 6.42 Å². The Kier molecular flexibility index (Phi) is 8.47. The Bertz CT molecular complexity index is 1440. The fraction of sp³-hybridized carbons (Fsp3) is 0.774. The molecule has 0 aromatic carbocycles. The van der Waals surface area contributed by atoms with Crippen molar-refractivity contribution in [2.24, 2.45) is 59.0 Å². The van der Waals surface area contributed by atoms with Crippen LogP contribution in [0, 0.1) is 53.3 Å². The average molecular weight is 676 g/mol. The molecular formula is C31H45N7O10. The molecule has 17 heteroatoms. The summed E-state index contributed by atoms with van der Waals surface area (Å²) in [5.41, 5.74) is 9.21. The second kappa shape index (κ2) is 11.9. The van der Waals surface area contributed by atoms with Crippen LogP contribution in [0.2, 0.25) is 0 Å². The summed E-state index contributed by atoms with van der Waals surface area (Å²) in [7, 11) is 0. The van der Waals surface area contributed by atoms with Gasteiger partial charge in [-0.3, -0.25) is 39.0 Å². The lowest BCUT2D eigenvalue weighted by atomic mass is 9.50. The predicted molar refractivity (Wildman–Crippen MR) is 162 cm³/mol. The van der Waals surface area contributed by atoms with Gasteiger partial charge in [0.15, 0.2) is 5.60 Å². The Morgan fingerprint density at radius 3 is 2.25 bits per heavy atom. The van der Waals surface area contributed by atoms with Gasteiger partial charge >= 0.3 is 11.9 Å². The van der Waals surface area contributed by atoms with Gasteiger partial charge in [-0.2, -0.15) is 0 Å². The summed E-state index contributed by atoms with van der Waals surface area (Å²) in [6.45, 7) is 5.59.